The number of anilines is 1. The van der Waals surface area contributed by atoms with E-state index in [1.165, 1.54) is 16.8 Å². The topological polar surface area (TPSA) is 38.5 Å². The van der Waals surface area contributed by atoms with E-state index >= 15 is 0 Å². The van der Waals surface area contributed by atoms with Crippen molar-refractivity contribution in [2.45, 2.75) is 39.5 Å². The van der Waals surface area contributed by atoms with E-state index in [0.29, 0.717) is 18.7 Å². The molecule has 0 aliphatic carbocycles. The van der Waals surface area contributed by atoms with Gasteiger partial charge in [0.2, 0.25) is 0 Å². The third-order valence-corrected chi connectivity index (χ3v) is 3.49. The van der Waals surface area contributed by atoms with E-state index in [-0.39, 0.29) is 0 Å². The molecule has 0 amide bonds. The zero-order chi connectivity index (χ0) is 12.4. The Morgan fingerprint density at radius 1 is 1.41 bits per heavy atom. The first kappa shape index (κ1) is 12.4. The Kier molecular flexibility index (Phi) is 3.69. The highest BCUT2D eigenvalue weighted by molar-refractivity contribution is 5.52. The number of benzene rings is 1. The van der Waals surface area contributed by atoms with Gasteiger partial charge in [0, 0.05) is 24.8 Å². The SMILES string of the molecule is Cc1cc(N2CC(C)OCC2C)ccc1CN. The van der Waals surface area contributed by atoms with Crippen molar-refractivity contribution in [3.63, 3.8) is 0 Å². The Morgan fingerprint density at radius 2 is 2.18 bits per heavy atom. The van der Waals surface area contributed by atoms with Gasteiger partial charge in [-0.15, -0.1) is 0 Å². The van der Waals surface area contributed by atoms with Crippen molar-refractivity contribution in [2.75, 3.05) is 18.1 Å². The summed E-state index contributed by atoms with van der Waals surface area (Å²) in [5.41, 5.74) is 9.47. The summed E-state index contributed by atoms with van der Waals surface area (Å²) in [7, 11) is 0. The van der Waals surface area contributed by atoms with Crippen LogP contribution in [-0.4, -0.2) is 25.3 Å². The Morgan fingerprint density at radius 3 is 2.82 bits per heavy atom. The zero-order valence-corrected chi connectivity index (χ0v) is 10.9. The molecular formula is C14H22N2O. The molecule has 2 atom stereocenters. The van der Waals surface area contributed by atoms with E-state index in [1.807, 2.05) is 0 Å². The predicted molar refractivity (Wildman–Crippen MR) is 71.3 cm³/mol. The highest BCUT2D eigenvalue weighted by Gasteiger charge is 2.23. The quantitative estimate of drug-likeness (QED) is 0.851. The first-order valence-electron chi connectivity index (χ1n) is 6.29. The van der Waals surface area contributed by atoms with Gasteiger partial charge in [-0.1, -0.05) is 6.07 Å². The van der Waals surface area contributed by atoms with Crippen LogP contribution in [0.15, 0.2) is 18.2 Å². The number of nitrogens with zero attached hydrogens (tertiary/aromatic N) is 1. The van der Waals surface area contributed by atoms with Crippen molar-refractivity contribution >= 4 is 5.69 Å². The third-order valence-electron chi connectivity index (χ3n) is 3.49. The van der Waals surface area contributed by atoms with Gasteiger partial charge in [0.05, 0.1) is 12.7 Å². The van der Waals surface area contributed by atoms with Crippen molar-refractivity contribution in [3.8, 4) is 0 Å². The molecule has 0 radical (unpaired) electrons. The molecule has 1 fully saturated rings. The standard InChI is InChI=1S/C14H22N2O/c1-10-6-14(5-4-13(10)7-15)16-8-12(3)17-9-11(16)2/h4-6,11-12H,7-9,15H2,1-3H3. The van der Waals surface area contributed by atoms with Gasteiger partial charge in [0.1, 0.15) is 0 Å². The van der Waals surface area contributed by atoms with E-state index in [9.17, 15) is 0 Å². The van der Waals surface area contributed by atoms with Crippen LogP contribution in [0.2, 0.25) is 0 Å². The summed E-state index contributed by atoms with van der Waals surface area (Å²) >= 11 is 0. The fourth-order valence-electron chi connectivity index (χ4n) is 2.35. The molecule has 1 heterocycles. The number of rotatable bonds is 2. The van der Waals surface area contributed by atoms with Crippen LogP contribution in [0.4, 0.5) is 5.69 Å². The fourth-order valence-corrected chi connectivity index (χ4v) is 2.35. The normalized spacial score (nSPS) is 25.1. The molecule has 1 aromatic carbocycles. The van der Waals surface area contributed by atoms with E-state index in [1.54, 1.807) is 0 Å². The van der Waals surface area contributed by atoms with Crippen molar-refractivity contribution in [2.24, 2.45) is 5.73 Å². The summed E-state index contributed by atoms with van der Waals surface area (Å²) in [6, 6.07) is 6.98. The molecule has 1 aromatic rings. The van der Waals surface area contributed by atoms with E-state index in [0.717, 1.165) is 13.2 Å². The number of hydrogen-bond acceptors (Lipinski definition) is 3. The second-order valence-corrected chi connectivity index (χ2v) is 4.96. The Balaban J connectivity index is 2.23. The minimum Gasteiger partial charge on any atom is -0.375 e. The summed E-state index contributed by atoms with van der Waals surface area (Å²) in [6.07, 6.45) is 0.306. The second kappa shape index (κ2) is 5.07. The average molecular weight is 234 g/mol. The Labute approximate surface area is 104 Å². The number of aryl methyl sites for hydroxylation is 1. The highest BCUT2D eigenvalue weighted by Crippen LogP contribution is 2.24. The average Bonchev–Trinajstić information content (AvgIpc) is 2.32. The van der Waals surface area contributed by atoms with Crippen molar-refractivity contribution in [1.29, 1.82) is 0 Å². The number of hydrogen-bond donors (Lipinski definition) is 1. The summed E-state index contributed by atoms with van der Waals surface area (Å²) in [5, 5.41) is 0. The molecule has 0 aromatic heterocycles. The van der Waals surface area contributed by atoms with Crippen molar-refractivity contribution in [1.82, 2.24) is 0 Å². The Bertz CT molecular complexity index is 392. The van der Waals surface area contributed by atoms with Crippen LogP contribution in [0.5, 0.6) is 0 Å². The highest BCUT2D eigenvalue weighted by atomic mass is 16.5. The van der Waals surface area contributed by atoms with Gasteiger partial charge >= 0.3 is 0 Å². The van der Waals surface area contributed by atoms with Gasteiger partial charge in [-0.3, -0.25) is 0 Å². The maximum atomic E-state index is 5.69. The molecule has 17 heavy (non-hydrogen) atoms. The minimum atomic E-state index is 0.306. The molecule has 2 unspecified atom stereocenters. The fraction of sp³-hybridized carbons (Fsp3) is 0.571. The van der Waals surface area contributed by atoms with E-state index in [4.69, 9.17) is 10.5 Å². The van der Waals surface area contributed by atoms with Gasteiger partial charge in [-0.25, -0.2) is 0 Å². The number of nitrogens with two attached hydrogens (primary N) is 1. The minimum absolute atomic E-state index is 0.306. The van der Waals surface area contributed by atoms with Gasteiger partial charge in [-0.05, 0) is 44.0 Å². The molecule has 0 saturated carbocycles. The first-order chi connectivity index (χ1) is 8.11. The zero-order valence-electron chi connectivity index (χ0n) is 10.9. The van der Waals surface area contributed by atoms with Crippen LogP contribution in [-0.2, 0) is 11.3 Å². The van der Waals surface area contributed by atoms with Gasteiger partial charge < -0.3 is 15.4 Å². The predicted octanol–water partition coefficient (Wildman–Crippen LogP) is 2.07. The monoisotopic (exact) mass is 234 g/mol. The maximum absolute atomic E-state index is 5.69. The van der Waals surface area contributed by atoms with Crippen LogP contribution >= 0.6 is 0 Å². The second-order valence-electron chi connectivity index (χ2n) is 4.96. The maximum Gasteiger partial charge on any atom is 0.0723 e. The summed E-state index contributed by atoms with van der Waals surface area (Å²) in [5.74, 6) is 0. The molecule has 0 bridgehead atoms. The summed E-state index contributed by atoms with van der Waals surface area (Å²) in [6.45, 7) is 8.83. The van der Waals surface area contributed by atoms with Gasteiger partial charge in [0.15, 0.2) is 0 Å². The van der Waals surface area contributed by atoms with Gasteiger partial charge in [0.25, 0.3) is 0 Å². The lowest BCUT2D eigenvalue weighted by molar-refractivity contribution is 0.0344. The molecule has 1 saturated heterocycles. The molecule has 1 aliphatic rings. The first-order valence-corrected chi connectivity index (χ1v) is 6.29. The van der Waals surface area contributed by atoms with Crippen LogP contribution < -0.4 is 10.6 Å². The van der Waals surface area contributed by atoms with Crippen LogP contribution in [0.1, 0.15) is 25.0 Å². The molecule has 2 rings (SSSR count). The van der Waals surface area contributed by atoms with Crippen LogP contribution in [0.3, 0.4) is 0 Å². The van der Waals surface area contributed by atoms with Crippen LogP contribution in [0.25, 0.3) is 0 Å². The van der Waals surface area contributed by atoms with Crippen molar-refractivity contribution < 1.29 is 4.74 Å². The molecule has 2 N–H and O–H groups in total. The van der Waals surface area contributed by atoms with Gasteiger partial charge in [-0.2, -0.15) is 0 Å². The molecular weight excluding hydrogens is 212 g/mol. The lowest BCUT2D eigenvalue weighted by Gasteiger charge is -2.38. The number of morpholine rings is 1. The molecule has 94 valence electrons. The largest absolute Gasteiger partial charge is 0.375 e. The smallest absolute Gasteiger partial charge is 0.0723 e. The number of ether oxygens (including phenoxy) is 1. The third kappa shape index (κ3) is 2.61. The lowest BCUT2D eigenvalue weighted by atomic mass is 10.1. The Hall–Kier alpha value is -1.06. The van der Waals surface area contributed by atoms with Crippen molar-refractivity contribution in [3.05, 3.63) is 29.3 Å². The molecule has 3 heteroatoms. The lowest BCUT2D eigenvalue weighted by Crippen LogP contribution is -2.47. The van der Waals surface area contributed by atoms with E-state index < -0.39 is 0 Å². The van der Waals surface area contributed by atoms with E-state index in [2.05, 4.69) is 43.9 Å². The summed E-state index contributed by atoms with van der Waals surface area (Å²) in [4.78, 5) is 2.42. The summed E-state index contributed by atoms with van der Waals surface area (Å²) < 4.78 is 5.66. The molecule has 3 nitrogen and oxygen atoms in total. The van der Waals surface area contributed by atoms with Crippen LogP contribution in [0, 0.1) is 6.92 Å². The molecule has 1 aliphatic heterocycles. The molecule has 0 spiro atoms.